The molecule has 0 aliphatic carbocycles. The van der Waals surface area contributed by atoms with Gasteiger partial charge in [0, 0.05) is 18.3 Å². The molecule has 0 spiro atoms. The highest BCUT2D eigenvalue weighted by atomic mass is 79.9. The molecule has 0 aromatic carbocycles. The van der Waals surface area contributed by atoms with Crippen LogP contribution in [0, 0.1) is 0 Å². The van der Waals surface area contributed by atoms with Gasteiger partial charge in [-0.3, -0.25) is 0 Å². The van der Waals surface area contributed by atoms with Gasteiger partial charge in [0.1, 0.15) is 9.21 Å². The molecular formula is C9H4Br2F3N3O. The van der Waals surface area contributed by atoms with Crippen LogP contribution in [-0.2, 0) is 0 Å². The molecule has 2 aromatic rings. The van der Waals surface area contributed by atoms with Crippen LogP contribution in [0.4, 0.5) is 13.2 Å². The largest absolute Gasteiger partial charge is 0.574 e. The molecule has 2 rings (SSSR count). The van der Waals surface area contributed by atoms with Crippen LogP contribution in [0.15, 0.2) is 33.6 Å². The molecule has 2 aromatic heterocycles. The van der Waals surface area contributed by atoms with Crippen LogP contribution in [0.5, 0.6) is 5.88 Å². The van der Waals surface area contributed by atoms with E-state index in [0.717, 1.165) is 6.07 Å². The Bertz CT molecular complexity index is 570. The van der Waals surface area contributed by atoms with Crippen LogP contribution < -0.4 is 4.74 Å². The van der Waals surface area contributed by atoms with Crippen molar-refractivity contribution in [2.45, 2.75) is 6.36 Å². The molecule has 9 heteroatoms. The number of rotatable bonds is 2. The topological polar surface area (TPSA) is 39.9 Å². The van der Waals surface area contributed by atoms with Crippen molar-refractivity contribution >= 4 is 31.9 Å². The van der Waals surface area contributed by atoms with E-state index in [2.05, 4.69) is 46.7 Å². The van der Waals surface area contributed by atoms with E-state index in [1.54, 1.807) is 6.07 Å². The average Bonchev–Trinajstić information content (AvgIpc) is 2.55. The molecule has 0 radical (unpaired) electrons. The molecule has 0 N–H and O–H groups in total. The molecule has 0 saturated carbocycles. The lowest BCUT2D eigenvalue weighted by Gasteiger charge is -2.09. The highest BCUT2D eigenvalue weighted by Gasteiger charge is 2.31. The smallest absolute Gasteiger partial charge is 0.388 e. The number of alkyl halides is 3. The fraction of sp³-hybridized carbons (Fsp3) is 0.111. The van der Waals surface area contributed by atoms with Gasteiger partial charge in [0.2, 0.25) is 5.88 Å². The van der Waals surface area contributed by atoms with Gasteiger partial charge in [-0.15, -0.1) is 13.2 Å². The second kappa shape index (κ2) is 4.88. The molecule has 0 amide bonds. The molecule has 96 valence electrons. The second-order valence-corrected chi connectivity index (χ2v) is 4.73. The minimum atomic E-state index is -4.77. The number of nitrogens with zero attached hydrogens (tertiary/aromatic N) is 3. The Hall–Kier alpha value is -1.09. The summed E-state index contributed by atoms with van der Waals surface area (Å²) in [5, 5.41) is 4.04. The van der Waals surface area contributed by atoms with E-state index < -0.39 is 12.2 Å². The van der Waals surface area contributed by atoms with Crippen molar-refractivity contribution in [2.24, 2.45) is 0 Å². The van der Waals surface area contributed by atoms with Crippen LogP contribution >= 0.6 is 31.9 Å². The molecule has 18 heavy (non-hydrogen) atoms. The maximum atomic E-state index is 12.1. The minimum absolute atomic E-state index is 0.391. The van der Waals surface area contributed by atoms with Crippen LogP contribution in [-0.4, -0.2) is 21.1 Å². The van der Waals surface area contributed by atoms with Crippen LogP contribution in [0.3, 0.4) is 0 Å². The quantitative estimate of drug-likeness (QED) is 0.790. The predicted molar refractivity (Wildman–Crippen MR) is 63.4 cm³/mol. The highest BCUT2D eigenvalue weighted by molar-refractivity contribution is 9.11. The molecule has 0 unspecified atom stereocenters. The maximum absolute atomic E-state index is 12.1. The van der Waals surface area contributed by atoms with E-state index in [0.29, 0.717) is 14.9 Å². The number of ether oxygens (including phenoxy) is 1. The third-order valence-electron chi connectivity index (χ3n) is 1.82. The Morgan fingerprint density at radius 2 is 1.94 bits per heavy atom. The summed E-state index contributed by atoms with van der Waals surface area (Å²) >= 11 is 6.39. The SMILES string of the molecule is FC(F)(F)Oc1cc(-n2nc(Br)cc2Br)ccn1. The monoisotopic (exact) mass is 385 g/mol. The Morgan fingerprint density at radius 3 is 2.50 bits per heavy atom. The number of pyridine rings is 1. The first-order valence-corrected chi connectivity index (χ1v) is 6.07. The summed E-state index contributed by atoms with van der Waals surface area (Å²) in [4.78, 5) is 3.48. The molecule has 0 aliphatic rings. The van der Waals surface area contributed by atoms with Gasteiger partial charge in [-0.25, -0.2) is 9.67 Å². The summed E-state index contributed by atoms with van der Waals surface area (Å²) in [5.41, 5.74) is 0.391. The van der Waals surface area contributed by atoms with Gasteiger partial charge in [0.05, 0.1) is 5.69 Å². The van der Waals surface area contributed by atoms with E-state index >= 15 is 0 Å². The van der Waals surface area contributed by atoms with Crippen molar-refractivity contribution in [2.75, 3.05) is 0 Å². The Kier molecular flexibility index (Phi) is 3.62. The second-order valence-electron chi connectivity index (χ2n) is 3.10. The predicted octanol–water partition coefficient (Wildman–Crippen LogP) is 3.69. The molecular weight excluding hydrogens is 383 g/mol. The summed E-state index contributed by atoms with van der Waals surface area (Å²) in [5.74, 6) is -0.543. The Morgan fingerprint density at radius 1 is 1.22 bits per heavy atom. The molecule has 0 fully saturated rings. The van der Waals surface area contributed by atoms with E-state index in [4.69, 9.17) is 0 Å². The zero-order valence-corrected chi connectivity index (χ0v) is 11.6. The standard InChI is InChI=1S/C9H4Br2F3N3O/c10-6-4-7(11)17(16-6)5-1-2-15-8(3-5)18-9(12,13)14/h1-4H. The average molecular weight is 387 g/mol. The molecule has 4 nitrogen and oxygen atoms in total. The van der Waals surface area contributed by atoms with Gasteiger partial charge < -0.3 is 4.74 Å². The van der Waals surface area contributed by atoms with Gasteiger partial charge >= 0.3 is 6.36 Å². The zero-order valence-electron chi connectivity index (χ0n) is 8.45. The first-order chi connectivity index (χ1) is 8.35. The first-order valence-electron chi connectivity index (χ1n) is 4.48. The van der Waals surface area contributed by atoms with Crippen molar-refractivity contribution in [1.82, 2.24) is 14.8 Å². The summed E-state index contributed by atoms with van der Waals surface area (Å²) in [6.45, 7) is 0. The Balaban J connectivity index is 2.36. The summed E-state index contributed by atoms with van der Waals surface area (Å²) in [7, 11) is 0. The zero-order chi connectivity index (χ0) is 13.3. The van der Waals surface area contributed by atoms with Gasteiger partial charge in [0.15, 0.2) is 0 Å². The van der Waals surface area contributed by atoms with Crippen LogP contribution in [0.25, 0.3) is 5.69 Å². The van der Waals surface area contributed by atoms with Crippen LogP contribution in [0.1, 0.15) is 0 Å². The molecule has 0 bridgehead atoms. The van der Waals surface area contributed by atoms with Crippen molar-refractivity contribution in [1.29, 1.82) is 0 Å². The molecule has 0 saturated heterocycles. The third kappa shape index (κ3) is 3.22. The van der Waals surface area contributed by atoms with Gasteiger partial charge in [-0.2, -0.15) is 5.10 Å². The molecule has 0 atom stereocenters. The van der Waals surface area contributed by atoms with E-state index in [-0.39, 0.29) is 0 Å². The highest BCUT2D eigenvalue weighted by Crippen LogP contribution is 2.25. The van der Waals surface area contributed by atoms with Gasteiger partial charge in [0.25, 0.3) is 0 Å². The molecule has 0 aliphatic heterocycles. The summed E-state index contributed by atoms with van der Waals surface area (Å²) < 4.78 is 42.4. The number of hydrogen-bond donors (Lipinski definition) is 0. The normalized spacial score (nSPS) is 11.6. The lowest BCUT2D eigenvalue weighted by Crippen LogP contribution is -2.18. The summed E-state index contributed by atoms with van der Waals surface area (Å²) in [6, 6.07) is 4.30. The lowest BCUT2D eigenvalue weighted by molar-refractivity contribution is -0.276. The molecule has 2 heterocycles. The Labute approximate surface area is 116 Å². The summed E-state index contributed by atoms with van der Waals surface area (Å²) in [6.07, 6.45) is -3.56. The van der Waals surface area contributed by atoms with Crippen molar-refractivity contribution in [3.63, 3.8) is 0 Å². The maximum Gasteiger partial charge on any atom is 0.574 e. The van der Waals surface area contributed by atoms with E-state index in [1.807, 2.05) is 0 Å². The van der Waals surface area contributed by atoms with E-state index in [1.165, 1.54) is 16.9 Å². The number of aromatic nitrogens is 3. The fourth-order valence-electron chi connectivity index (χ4n) is 1.22. The van der Waals surface area contributed by atoms with E-state index in [9.17, 15) is 13.2 Å². The number of halogens is 5. The van der Waals surface area contributed by atoms with Gasteiger partial charge in [-0.1, -0.05) is 0 Å². The minimum Gasteiger partial charge on any atom is -0.388 e. The fourth-order valence-corrected chi connectivity index (χ4v) is 2.40. The van der Waals surface area contributed by atoms with Crippen molar-refractivity contribution in [3.05, 3.63) is 33.6 Å². The third-order valence-corrected chi connectivity index (χ3v) is 2.77. The van der Waals surface area contributed by atoms with Crippen LogP contribution in [0.2, 0.25) is 0 Å². The van der Waals surface area contributed by atoms with Crippen molar-refractivity contribution < 1.29 is 17.9 Å². The van der Waals surface area contributed by atoms with Gasteiger partial charge in [-0.05, 0) is 37.9 Å². The number of hydrogen-bond acceptors (Lipinski definition) is 3. The lowest BCUT2D eigenvalue weighted by atomic mass is 10.4. The van der Waals surface area contributed by atoms with Crippen molar-refractivity contribution in [3.8, 4) is 11.6 Å². The first kappa shape index (κ1) is 13.3.